The van der Waals surface area contributed by atoms with E-state index in [0.717, 1.165) is 28.4 Å². The van der Waals surface area contributed by atoms with E-state index in [2.05, 4.69) is 115 Å². The van der Waals surface area contributed by atoms with Gasteiger partial charge in [-0.05, 0) is 57.8 Å². The van der Waals surface area contributed by atoms with Crippen molar-refractivity contribution in [3.8, 4) is 33.8 Å². The molecule has 160 valence electrons. The number of benzene rings is 6. The smallest absolute Gasteiger partial charge is 0.135 e. The van der Waals surface area contributed by atoms with Gasteiger partial charge in [0, 0.05) is 27.7 Å². The molecule has 0 radical (unpaired) electrons. The van der Waals surface area contributed by atoms with Crippen LogP contribution in [0.5, 0.6) is 11.5 Å². The third kappa shape index (κ3) is 2.96. The second-order valence-electron chi connectivity index (χ2n) is 8.67. The van der Waals surface area contributed by atoms with Crippen LogP contribution < -0.4 is 10.1 Å². The number of fused-ring (bicyclic) bond motifs is 3. The standard InChI is InChI=1S/C32H21NO/c1-2-9-25-21(7-1)8-5-12-29(25)33-23-17-15-22(16-18-23)24-19-20-28-26-10-3-4-13-30(26)34-31-14-6-11-27(24)32(28)31/h1-20,33H. The average Bonchev–Trinajstić information content (AvgIpc) is 2.90. The molecule has 6 aromatic carbocycles. The van der Waals surface area contributed by atoms with Crippen molar-refractivity contribution in [3.05, 3.63) is 121 Å². The predicted octanol–water partition coefficient (Wildman–Crippen LogP) is 9.18. The van der Waals surface area contributed by atoms with Crippen molar-refractivity contribution in [2.24, 2.45) is 0 Å². The predicted molar refractivity (Wildman–Crippen MR) is 142 cm³/mol. The minimum Gasteiger partial charge on any atom is -0.456 e. The number of rotatable bonds is 3. The maximum atomic E-state index is 6.25. The lowest BCUT2D eigenvalue weighted by molar-refractivity contribution is 0.487. The second-order valence-corrected chi connectivity index (χ2v) is 8.67. The third-order valence-corrected chi connectivity index (χ3v) is 6.66. The van der Waals surface area contributed by atoms with Gasteiger partial charge >= 0.3 is 0 Å². The highest BCUT2D eigenvalue weighted by Crippen LogP contribution is 2.48. The summed E-state index contributed by atoms with van der Waals surface area (Å²) in [6.45, 7) is 0. The van der Waals surface area contributed by atoms with Gasteiger partial charge in [-0.3, -0.25) is 0 Å². The van der Waals surface area contributed by atoms with Gasteiger partial charge in [0.15, 0.2) is 0 Å². The van der Waals surface area contributed by atoms with Crippen molar-refractivity contribution in [2.75, 3.05) is 5.32 Å². The van der Waals surface area contributed by atoms with Gasteiger partial charge in [-0.15, -0.1) is 0 Å². The molecule has 0 fully saturated rings. The van der Waals surface area contributed by atoms with Gasteiger partial charge in [0.2, 0.25) is 0 Å². The van der Waals surface area contributed by atoms with Crippen LogP contribution in [0.15, 0.2) is 121 Å². The van der Waals surface area contributed by atoms with Gasteiger partial charge in [0.25, 0.3) is 0 Å². The Hall–Kier alpha value is -4.56. The van der Waals surface area contributed by atoms with Crippen LogP contribution in [0.2, 0.25) is 0 Å². The number of ether oxygens (including phenoxy) is 1. The van der Waals surface area contributed by atoms with Crippen LogP contribution in [0.4, 0.5) is 11.4 Å². The minimum atomic E-state index is 0.916. The van der Waals surface area contributed by atoms with E-state index in [-0.39, 0.29) is 0 Å². The molecule has 0 atom stereocenters. The number of anilines is 2. The molecule has 0 saturated carbocycles. The molecular formula is C32H21NO. The Balaban J connectivity index is 1.29. The molecule has 1 aliphatic rings. The quantitative estimate of drug-likeness (QED) is 0.299. The third-order valence-electron chi connectivity index (χ3n) is 6.66. The molecule has 0 spiro atoms. The van der Waals surface area contributed by atoms with Crippen LogP contribution >= 0.6 is 0 Å². The molecule has 7 rings (SSSR count). The summed E-state index contributed by atoms with van der Waals surface area (Å²) < 4.78 is 6.25. The zero-order valence-electron chi connectivity index (χ0n) is 18.5. The van der Waals surface area contributed by atoms with E-state index in [9.17, 15) is 0 Å². The molecule has 0 saturated heterocycles. The first kappa shape index (κ1) is 19.0. The number of hydrogen-bond acceptors (Lipinski definition) is 2. The summed E-state index contributed by atoms with van der Waals surface area (Å²) in [6, 6.07) is 42.5. The summed E-state index contributed by atoms with van der Waals surface area (Å²) in [6.07, 6.45) is 0. The topological polar surface area (TPSA) is 21.3 Å². The van der Waals surface area contributed by atoms with Gasteiger partial charge in [0.1, 0.15) is 11.5 Å². The maximum Gasteiger partial charge on any atom is 0.135 e. The summed E-state index contributed by atoms with van der Waals surface area (Å²) in [5.74, 6) is 1.83. The van der Waals surface area contributed by atoms with Crippen molar-refractivity contribution in [3.63, 3.8) is 0 Å². The largest absolute Gasteiger partial charge is 0.456 e. The molecule has 0 aliphatic carbocycles. The van der Waals surface area contributed by atoms with E-state index in [0.29, 0.717) is 0 Å². The SMILES string of the molecule is c1ccc2c(c1)Oc1cccc3c(-c4ccc(Nc5cccc6ccccc56)cc4)ccc-2c13. The van der Waals surface area contributed by atoms with Gasteiger partial charge in [-0.25, -0.2) is 0 Å². The molecule has 1 N–H and O–H groups in total. The zero-order valence-corrected chi connectivity index (χ0v) is 18.5. The number of para-hydroxylation sites is 1. The Morgan fingerprint density at radius 3 is 2.12 bits per heavy atom. The maximum absolute atomic E-state index is 6.25. The molecule has 0 bridgehead atoms. The minimum absolute atomic E-state index is 0.916. The fourth-order valence-electron chi connectivity index (χ4n) is 5.05. The Morgan fingerprint density at radius 1 is 0.471 bits per heavy atom. The average molecular weight is 436 g/mol. The van der Waals surface area contributed by atoms with E-state index in [1.807, 2.05) is 12.1 Å². The van der Waals surface area contributed by atoms with Crippen LogP contribution in [-0.2, 0) is 0 Å². The molecule has 6 aromatic rings. The van der Waals surface area contributed by atoms with E-state index >= 15 is 0 Å². The van der Waals surface area contributed by atoms with E-state index in [4.69, 9.17) is 4.74 Å². The highest BCUT2D eigenvalue weighted by Gasteiger charge is 2.21. The van der Waals surface area contributed by atoms with Crippen LogP contribution in [0, 0.1) is 0 Å². The van der Waals surface area contributed by atoms with E-state index < -0.39 is 0 Å². The monoisotopic (exact) mass is 435 g/mol. The van der Waals surface area contributed by atoms with Crippen LogP contribution in [0.1, 0.15) is 0 Å². The Bertz CT molecular complexity index is 1690. The Kier molecular flexibility index (Phi) is 4.18. The lowest BCUT2D eigenvalue weighted by atomic mass is 9.90. The zero-order chi connectivity index (χ0) is 22.5. The van der Waals surface area contributed by atoms with Gasteiger partial charge in [-0.2, -0.15) is 0 Å². The van der Waals surface area contributed by atoms with Crippen molar-refractivity contribution in [1.82, 2.24) is 0 Å². The first-order valence-corrected chi connectivity index (χ1v) is 11.5. The molecule has 2 nitrogen and oxygen atoms in total. The van der Waals surface area contributed by atoms with E-state index in [1.165, 1.54) is 38.2 Å². The van der Waals surface area contributed by atoms with Gasteiger partial charge < -0.3 is 10.1 Å². The molecule has 2 heteroatoms. The van der Waals surface area contributed by atoms with Crippen molar-refractivity contribution >= 4 is 32.9 Å². The van der Waals surface area contributed by atoms with Crippen molar-refractivity contribution < 1.29 is 4.74 Å². The molecule has 1 heterocycles. The van der Waals surface area contributed by atoms with Crippen molar-refractivity contribution in [2.45, 2.75) is 0 Å². The lowest BCUT2D eigenvalue weighted by Crippen LogP contribution is -1.97. The Morgan fingerprint density at radius 2 is 1.18 bits per heavy atom. The fourth-order valence-corrected chi connectivity index (χ4v) is 5.05. The first-order chi connectivity index (χ1) is 16.8. The lowest BCUT2D eigenvalue weighted by Gasteiger charge is -2.22. The molecule has 1 aliphatic heterocycles. The number of hydrogen-bond donors (Lipinski definition) is 1. The summed E-state index contributed by atoms with van der Waals surface area (Å²) in [5.41, 5.74) is 6.95. The van der Waals surface area contributed by atoms with E-state index in [1.54, 1.807) is 0 Å². The number of nitrogens with one attached hydrogen (secondary N) is 1. The molecular weight excluding hydrogens is 414 g/mol. The van der Waals surface area contributed by atoms with Gasteiger partial charge in [0.05, 0.1) is 0 Å². The second kappa shape index (κ2) is 7.50. The van der Waals surface area contributed by atoms with Gasteiger partial charge in [-0.1, -0.05) is 91.0 Å². The fraction of sp³-hybridized carbons (Fsp3) is 0. The highest BCUT2D eigenvalue weighted by atomic mass is 16.5. The summed E-state index contributed by atoms with van der Waals surface area (Å²) in [5, 5.41) is 8.43. The normalized spacial score (nSPS) is 11.8. The van der Waals surface area contributed by atoms with Crippen LogP contribution in [-0.4, -0.2) is 0 Å². The summed E-state index contributed by atoms with van der Waals surface area (Å²) in [7, 11) is 0. The molecule has 0 amide bonds. The van der Waals surface area contributed by atoms with Crippen LogP contribution in [0.3, 0.4) is 0 Å². The molecule has 34 heavy (non-hydrogen) atoms. The van der Waals surface area contributed by atoms with Crippen molar-refractivity contribution in [1.29, 1.82) is 0 Å². The molecule has 0 unspecified atom stereocenters. The Labute approximate surface area is 198 Å². The first-order valence-electron chi connectivity index (χ1n) is 11.5. The highest BCUT2D eigenvalue weighted by molar-refractivity contribution is 6.10. The molecule has 0 aromatic heterocycles. The summed E-state index contributed by atoms with van der Waals surface area (Å²) in [4.78, 5) is 0. The van der Waals surface area contributed by atoms with Crippen LogP contribution in [0.25, 0.3) is 43.8 Å². The summed E-state index contributed by atoms with van der Waals surface area (Å²) >= 11 is 0.